The van der Waals surface area contributed by atoms with Crippen LogP contribution in [0.4, 0.5) is 18.3 Å². The molecule has 0 unspecified atom stereocenters. The molecule has 1 aromatic heterocycles. The average molecular weight is 352 g/mol. The highest BCUT2D eigenvalue weighted by Crippen LogP contribution is 2.33. The fourth-order valence-electron chi connectivity index (χ4n) is 2.26. The fourth-order valence-corrected chi connectivity index (χ4v) is 2.87. The van der Waals surface area contributed by atoms with Crippen molar-refractivity contribution in [3.8, 4) is 0 Å². The van der Waals surface area contributed by atoms with E-state index < -0.39 is 23.0 Å². The second kappa shape index (κ2) is 6.79. The number of ether oxygens (including phenoxy) is 1. The molecule has 128 valence electrons. The van der Waals surface area contributed by atoms with Crippen LogP contribution in [-0.2, 0) is 20.5 Å². The lowest BCUT2D eigenvalue weighted by atomic mass is 10.1. The highest BCUT2D eigenvalue weighted by atomic mass is 32.1. The number of rotatable bonds is 5. The molecule has 0 spiro atoms. The van der Waals surface area contributed by atoms with E-state index in [2.05, 4.69) is 15.5 Å². The van der Waals surface area contributed by atoms with E-state index in [0.717, 1.165) is 0 Å². The predicted octanol–water partition coefficient (Wildman–Crippen LogP) is 1.38. The summed E-state index contributed by atoms with van der Waals surface area (Å²) in [7, 11) is 1.51. The molecule has 1 aliphatic heterocycles. The van der Waals surface area contributed by atoms with Crippen molar-refractivity contribution in [2.45, 2.75) is 25.6 Å². The van der Waals surface area contributed by atoms with Crippen molar-refractivity contribution in [1.29, 1.82) is 0 Å². The summed E-state index contributed by atoms with van der Waals surface area (Å²) in [4.78, 5) is 25.5. The first-order chi connectivity index (χ1) is 10.7. The number of nitrogens with one attached hydrogen (secondary N) is 1. The molecule has 23 heavy (non-hydrogen) atoms. The molecule has 1 aliphatic rings. The smallest absolute Gasteiger partial charge is 0.383 e. The minimum atomic E-state index is -4.60. The molecule has 2 heterocycles. The number of anilines is 1. The van der Waals surface area contributed by atoms with E-state index in [1.807, 2.05) is 0 Å². The van der Waals surface area contributed by atoms with Crippen LogP contribution in [-0.4, -0.2) is 53.2 Å². The van der Waals surface area contributed by atoms with Crippen molar-refractivity contribution >= 4 is 28.3 Å². The molecule has 0 saturated carbocycles. The Kier molecular flexibility index (Phi) is 5.19. The standard InChI is InChI=1S/C12H15F3N4O3S/c1-6(5-22-2)19-4-7(3-8(19)20)9(21)16-11-18-17-10(23-11)12(13,14)15/h6-7H,3-5H2,1-2H3,(H,16,18,21)/t6-,7-/m1/s1. The van der Waals surface area contributed by atoms with Crippen molar-refractivity contribution in [2.75, 3.05) is 25.6 Å². The Labute approximate surface area is 133 Å². The van der Waals surface area contributed by atoms with Crippen LogP contribution in [0.3, 0.4) is 0 Å². The first-order valence-electron chi connectivity index (χ1n) is 6.72. The summed E-state index contributed by atoms with van der Waals surface area (Å²) in [5, 5.41) is 7.19. The van der Waals surface area contributed by atoms with Crippen molar-refractivity contribution in [3.05, 3.63) is 5.01 Å². The quantitative estimate of drug-likeness (QED) is 0.865. The maximum absolute atomic E-state index is 12.4. The van der Waals surface area contributed by atoms with Crippen LogP contribution in [0.5, 0.6) is 0 Å². The van der Waals surface area contributed by atoms with E-state index in [4.69, 9.17) is 4.74 Å². The van der Waals surface area contributed by atoms with E-state index in [0.29, 0.717) is 6.61 Å². The van der Waals surface area contributed by atoms with Crippen molar-refractivity contribution in [1.82, 2.24) is 15.1 Å². The van der Waals surface area contributed by atoms with Gasteiger partial charge in [0.05, 0.1) is 18.6 Å². The minimum absolute atomic E-state index is 0.00478. The fraction of sp³-hybridized carbons (Fsp3) is 0.667. The number of carbonyl (C=O) groups excluding carboxylic acids is 2. The monoisotopic (exact) mass is 352 g/mol. The summed E-state index contributed by atoms with van der Waals surface area (Å²) >= 11 is 0.245. The number of aromatic nitrogens is 2. The molecule has 0 aromatic carbocycles. The normalized spacial score (nSPS) is 20.0. The Bertz CT molecular complexity index is 592. The topological polar surface area (TPSA) is 84.4 Å². The highest BCUT2D eigenvalue weighted by molar-refractivity contribution is 7.15. The number of hydrogen-bond donors (Lipinski definition) is 1. The Morgan fingerprint density at radius 1 is 1.52 bits per heavy atom. The number of methoxy groups -OCH3 is 1. The molecule has 7 nitrogen and oxygen atoms in total. The van der Waals surface area contributed by atoms with Crippen LogP contribution in [0.2, 0.25) is 0 Å². The molecule has 0 aliphatic carbocycles. The van der Waals surface area contributed by atoms with E-state index in [1.165, 1.54) is 12.0 Å². The van der Waals surface area contributed by atoms with Gasteiger partial charge in [-0.1, -0.05) is 11.3 Å². The number of amides is 2. The molecule has 2 rings (SSSR count). The predicted molar refractivity (Wildman–Crippen MR) is 74.7 cm³/mol. The zero-order chi connectivity index (χ0) is 17.2. The van der Waals surface area contributed by atoms with Crippen LogP contribution in [0, 0.1) is 5.92 Å². The lowest BCUT2D eigenvalue weighted by Crippen LogP contribution is -2.38. The number of carbonyl (C=O) groups is 2. The van der Waals surface area contributed by atoms with Gasteiger partial charge in [0.2, 0.25) is 22.0 Å². The number of alkyl halides is 3. The third-order valence-corrected chi connectivity index (χ3v) is 4.25. The van der Waals surface area contributed by atoms with Crippen LogP contribution in [0.25, 0.3) is 0 Å². The molecule has 11 heteroatoms. The third kappa shape index (κ3) is 4.16. The van der Waals surface area contributed by atoms with Gasteiger partial charge in [-0.3, -0.25) is 9.59 Å². The maximum atomic E-state index is 12.4. The van der Waals surface area contributed by atoms with Crippen LogP contribution in [0.1, 0.15) is 18.4 Å². The third-order valence-electron chi connectivity index (χ3n) is 3.37. The molecule has 0 radical (unpaired) electrons. The van der Waals surface area contributed by atoms with E-state index in [-0.39, 0.29) is 41.4 Å². The average Bonchev–Trinajstić information content (AvgIpc) is 3.05. The van der Waals surface area contributed by atoms with Gasteiger partial charge in [0.25, 0.3) is 0 Å². The first-order valence-corrected chi connectivity index (χ1v) is 7.54. The van der Waals surface area contributed by atoms with Gasteiger partial charge in [-0.2, -0.15) is 13.2 Å². The van der Waals surface area contributed by atoms with E-state index >= 15 is 0 Å². The van der Waals surface area contributed by atoms with E-state index in [1.54, 1.807) is 6.92 Å². The summed E-state index contributed by atoms with van der Waals surface area (Å²) in [6, 6.07) is -0.177. The molecule has 1 N–H and O–H groups in total. The van der Waals surface area contributed by atoms with Gasteiger partial charge < -0.3 is 15.0 Å². The number of halogens is 3. The number of nitrogens with zero attached hydrogens (tertiary/aromatic N) is 3. The van der Waals surface area contributed by atoms with Gasteiger partial charge in [-0.05, 0) is 6.92 Å². The molecular weight excluding hydrogens is 337 g/mol. The SMILES string of the molecule is COC[C@@H](C)N1C[C@H](C(=O)Nc2nnc(C(F)(F)F)s2)CC1=O. The Balaban J connectivity index is 1.97. The molecule has 1 saturated heterocycles. The zero-order valence-electron chi connectivity index (χ0n) is 12.4. The highest BCUT2D eigenvalue weighted by Gasteiger charge is 2.38. The maximum Gasteiger partial charge on any atom is 0.445 e. The summed E-state index contributed by atoms with van der Waals surface area (Å²) in [6.45, 7) is 2.33. The lowest BCUT2D eigenvalue weighted by Gasteiger charge is -2.23. The van der Waals surface area contributed by atoms with Crippen LogP contribution < -0.4 is 5.32 Å². The van der Waals surface area contributed by atoms with Crippen LogP contribution in [0.15, 0.2) is 0 Å². The molecule has 1 fully saturated rings. The molecule has 2 atom stereocenters. The summed E-state index contributed by atoms with van der Waals surface area (Å²) in [5.41, 5.74) is 0. The Morgan fingerprint density at radius 2 is 2.22 bits per heavy atom. The summed E-state index contributed by atoms with van der Waals surface area (Å²) < 4.78 is 42.3. The Hall–Kier alpha value is -1.75. The molecular formula is C12H15F3N4O3S. The summed E-state index contributed by atoms with van der Waals surface area (Å²) in [6.07, 6.45) is -4.60. The summed E-state index contributed by atoms with van der Waals surface area (Å²) in [5.74, 6) is -1.38. The molecule has 2 amide bonds. The second-order valence-corrected chi connectivity index (χ2v) is 6.13. The van der Waals surface area contributed by atoms with Crippen molar-refractivity contribution in [3.63, 3.8) is 0 Å². The minimum Gasteiger partial charge on any atom is -0.383 e. The molecule has 1 aromatic rings. The Morgan fingerprint density at radius 3 is 2.78 bits per heavy atom. The number of hydrogen-bond acceptors (Lipinski definition) is 6. The van der Waals surface area contributed by atoms with Gasteiger partial charge in [0, 0.05) is 20.1 Å². The van der Waals surface area contributed by atoms with Crippen molar-refractivity contribution < 1.29 is 27.5 Å². The van der Waals surface area contributed by atoms with Gasteiger partial charge in [-0.15, -0.1) is 10.2 Å². The van der Waals surface area contributed by atoms with Crippen molar-refractivity contribution in [2.24, 2.45) is 5.92 Å². The van der Waals surface area contributed by atoms with E-state index in [9.17, 15) is 22.8 Å². The second-order valence-electron chi connectivity index (χ2n) is 5.15. The van der Waals surface area contributed by atoms with Gasteiger partial charge in [-0.25, -0.2) is 0 Å². The lowest BCUT2D eigenvalue weighted by molar-refractivity contribution is -0.138. The number of likely N-dealkylation sites (tertiary alicyclic amines) is 1. The van der Waals surface area contributed by atoms with Gasteiger partial charge in [0.15, 0.2) is 0 Å². The zero-order valence-corrected chi connectivity index (χ0v) is 13.2. The first kappa shape index (κ1) is 17.6. The van der Waals surface area contributed by atoms with Crippen LogP contribution >= 0.6 is 11.3 Å². The van der Waals surface area contributed by atoms with Gasteiger partial charge >= 0.3 is 6.18 Å². The van der Waals surface area contributed by atoms with Gasteiger partial charge in [0.1, 0.15) is 0 Å². The largest absolute Gasteiger partial charge is 0.445 e. The molecule has 0 bridgehead atoms.